The van der Waals surface area contributed by atoms with E-state index in [4.69, 9.17) is 4.98 Å². The van der Waals surface area contributed by atoms with Gasteiger partial charge in [-0.3, -0.25) is 9.48 Å². The van der Waals surface area contributed by atoms with Gasteiger partial charge in [-0.25, -0.2) is 4.98 Å². The van der Waals surface area contributed by atoms with E-state index < -0.39 is 0 Å². The first-order valence-corrected chi connectivity index (χ1v) is 9.80. The van der Waals surface area contributed by atoms with Crippen LogP contribution in [0, 0.1) is 18.3 Å². The van der Waals surface area contributed by atoms with Gasteiger partial charge < -0.3 is 9.80 Å². The van der Waals surface area contributed by atoms with E-state index in [1.54, 1.807) is 9.58 Å². The van der Waals surface area contributed by atoms with Gasteiger partial charge in [-0.2, -0.15) is 10.4 Å². The number of carbonyl (C=O) groups excluding carboxylic acids is 1. The normalized spacial score (nSPS) is 14.8. The molecule has 4 rings (SSSR count). The Labute approximate surface area is 170 Å². The number of fused-ring (bicyclic) bond motifs is 1. The number of para-hydroxylation sites is 1. The number of anilines is 1. The number of pyridine rings is 1. The Morgan fingerprint density at radius 2 is 1.97 bits per heavy atom. The second-order valence-electron chi connectivity index (χ2n) is 7.59. The van der Waals surface area contributed by atoms with Gasteiger partial charge in [-0.15, -0.1) is 0 Å². The van der Waals surface area contributed by atoms with Crippen molar-refractivity contribution in [3.05, 3.63) is 53.3 Å². The molecule has 7 heteroatoms. The summed E-state index contributed by atoms with van der Waals surface area (Å²) in [4.78, 5) is 21.5. The summed E-state index contributed by atoms with van der Waals surface area (Å²) in [6.45, 7) is 3.44. The van der Waals surface area contributed by atoms with E-state index in [1.165, 1.54) is 0 Å². The largest absolute Gasteiger partial charge is 0.355 e. The van der Waals surface area contributed by atoms with Crippen molar-refractivity contribution < 1.29 is 4.79 Å². The minimum absolute atomic E-state index is 0.0475. The zero-order valence-corrected chi connectivity index (χ0v) is 17.0. The van der Waals surface area contributed by atoms with Crippen molar-refractivity contribution in [2.75, 3.05) is 25.0 Å². The summed E-state index contributed by atoms with van der Waals surface area (Å²) in [6, 6.07) is 14.0. The van der Waals surface area contributed by atoms with Crippen LogP contribution in [0.4, 0.5) is 5.82 Å². The van der Waals surface area contributed by atoms with E-state index in [1.807, 2.05) is 57.4 Å². The van der Waals surface area contributed by atoms with Crippen LogP contribution in [0.1, 0.15) is 34.6 Å². The fraction of sp³-hybridized carbons (Fsp3) is 0.364. The first-order valence-electron chi connectivity index (χ1n) is 9.80. The van der Waals surface area contributed by atoms with Crippen molar-refractivity contribution in [2.45, 2.75) is 25.8 Å². The van der Waals surface area contributed by atoms with Gasteiger partial charge in [0.25, 0.3) is 5.91 Å². The molecule has 7 nitrogen and oxygen atoms in total. The molecular weight excluding hydrogens is 364 g/mol. The highest BCUT2D eigenvalue weighted by Crippen LogP contribution is 2.27. The predicted octanol–water partition coefficient (Wildman–Crippen LogP) is 2.89. The highest BCUT2D eigenvalue weighted by atomic mass is 16.2. The van der Waals surface area contributed by atoms with E-state index in [0.29, 0.717) is 11.3 Å². The quantitative estimate of drug-likeness (QED) is 0.689. The Hall–Kier alpha value is -3.40. The Morgan fingerprint density at radius 1 is 1.24 bits per heavy atom. The third-order valence-corrected chi connectivity index (χ3v) is 5.79. The number of hydrogen-bond donors (Lipinski definition) is 0. The van der Waals surface area contributed by atoms with Gasteiger partial charge in [0.2, 0.25) is 0 Å². The lowest BCUT2D eigenvalue weighted by atomic mass is 10.0. The van der Waals surface area contributed by atoms with Gasteiger partial charge in [0, 0.05) is 44.3 Å². The summed E-state index contributed by atoms with van der Waals surface area (Å²) >= 11 is 0. The molecule has 148 valence electrons. The Morgan fingerprint density at radius 3 is 2.62 bits per heavy atom. The van der Waals surface area contributed by atoms with Crippen LogP contribution in [0.2, 0.25) is 0 Å². The summed E-state index contributed by atoms with van der Waals surface area (Å²) < 4.78 is 1.72. The van der Waals surface area contributed by atoms with Crippen LogP contribution < -0.4 is 4.90 Å². The van der Waals surface area contributed by atoms with Crippen LogP contribution in [-0.2, 0) is 7.05 Å². The van der Waals surface area contributed by atoms with Crippen molar-refractivity contribution in [3.63, 3.8) is 0 Å². The number of aromatic nitrogens is 3. The third kappa shape index (κ3) is 3.54. The molecule has 1 fully saturated rings. The highest BCUT2D eigenvalue weighted by Gasteiger charge is 2.28. The number of nitrogens with zero attached hydrogens (tertiary/aromatic N) is 6. The van der Waals surface area contributed by atoms with Gasteiger partial charge in [0.15, 0.2) is 5.69 Å². The molecule has 0 unspecified atom stereocenters. The average Bonchev–Trinajstić information content (AvgIpc) is 3.10. The van der Waals surface area contributed by atoms with E-state index in [2.05, 4.69) is 16.1 Å². The van der Waals surface area contributed by atoms with E-state index in [0.717, 1.165) is 48.3 Å². The van der Waals surface area contributed by atoms with Crippen LogP contribution in [-0.4, -0.2) is 51.8 Å². The fourth-order valence-electron chi connectivity index (χ4n) is 3.91. The molecule has 1 aliphatic rings. The number of carbonyl (C=O) groups is 1. The van der Waals surface area contributed by atoms with Gasteiger partial charge in [-0.05, 0) is 38.0 Å². The van der Waals surface area contributed by atoms with E-state index in [9.17, 15) is 10.1 Å². The molecule has 0 bridgehead atoms. The molecule has 0 atom stereocenters. The molecular formula is C22H24N6O. The second-order valence-corrected chi connectivity index (χ2v) is 7.59. The van der Waals surface area contributed by atoms with Gasteiger partial charge in [0.05, 0.1) is 11.1 Å². The number of aryl methyl sites for hydroxylation is 2. The minimum Gasteiger partial charge on any atom is -0.355 e. The minimum atomic E-state index is -0.0475. The Balaban J connectivity index is 1.49. The molecule has 1 aromatic carbocycles. The summed E-state index contributed by atoms with van der Waals surface area (Å²) in [5, 5.41) is 14.9. The number of rotatable bonds is 3. The van der Waals surface area contributed by atoms with Gasteiger partial charge in [-0.1, -0.05) is 18.2 Å². The molecule has 3 aromatic rings. The molecule has 0 aliphatic carbocycles. The maximum atomic E-state index is 12.8. The van der Waals surface area contributed by atoms with Crippen LogP contribution >= 0.6 is 0 Å². The fourth-order valence-corrected chi connectivity index (χ4v) is 3.91. The molecule has 0 spiro atoms. The first kappa shape index (κ1) is 18.9. The van der Waals surface area contributed by atoms with E-state index >= 15 is 0 Å². The van der Waals surface area contributed by atoms with Crippen LogP contribution in [0.15, 0.2) is 36.4 Å². The van der Waals surface area contributed by atoms with Crippen molar-refractivity contribution in [3.8, 4) is 6.07 Å². The molecule has 29 heavy (non-hydrogen) atoms. The van der Waals surface area contributed by atoms with Crippen LogP contribution in [0.3, 0.4) is 0 Å². The first-order chi connectivity index (χ1) is 14.0. The highest BCUT2D eigenvalue weighted by molar-refractivity contribution is 5.92. The maximum absolute atomic E-state index is 12.8. The smallest absolute Gasteiger partial charge is 0.274 e. The van der Waals surface area contributed by atoms with Crippen LogP contribution in [0.25, 0.3) is 10.9 Å². The molecule has 2 aromatic heterocycles. The Bertz CT molecular complexity index is 1080. The standard InChI is InChI=1S/C22H24N6O/c1-15-12-20(25-27(15)3)22(29)26(2)18-8-10-28(11-9-18)21-17(14-23)13-16-6-4-5-7-19(16)24-21/h4-7,12-13,18H,8-11H2,1-3H3. The summed E-state index contributed by atoms with van der Waals surface area (Å²) in [6.07, 6.45) is 1.65. The number of piperidine rings is 1. The van der Waals surface area contributed by atoms with Crippen LogP contribution in [0.5, 0.6) is 0 Å². The van der Waals surface area contributed by atoms with Crippen molar-refractivity contribution in [1.82, 2.24) is 19.7 Å². The molecule has 3 heterocycles. The summed E-state index contributed by atoms with van der Waals surface area (Å²) in [7, 11) is 3.69. The number of hydrogen-bond acceptors (Lipinski definition) is 5. The zero-order chi connectivity index (χ0) is 20.5. The third-order valence-electron chi connectivity index (χ3n) is 5.79. The van der Waals surface area contributed by atoms with Crippen molar-refractivity contribution in [1.29, 1.82) is 5.26 Å². The zero-order valence-electron chi connectivity index (χ0n) is 17.0. The van der Waals surface area contributed by atoms with Gasteiger partial charge in [0.1, 0.15) is 11.9 Å². The molecule has 1 amide bonds. The average molecular weight is 388 g/mol. The lowest BCUT2D eigenvalue weighted by Crippen LogP contribution is -2.46. The topological polar surface area (TPSA) is 78.1 Å². The van der Waals surface area contributed by atoms with E-state index in [-0.39, 0.29) is 11.9 Å². The predicted molar refractivity (Wildman–Crippen MR) is 112 cm³/mol. The monoisotopic (exact) mass is 388 g/mol. The molecule has 0 saturated carbocycles. The lowest BCUT2D eigenvalue weighted by Gasteiger charge is -2.37. The lowest BCUT2D eigenvalue weighted by molar-refractivity contribution is 0.0702. The van der Waals surface area contributed by atoms with Crippen molar-refractivity contribution in [2.24, 2.45) is 7.05 Å². The molecule has 0 radical (unpaired) electrons. The summed E-state index contributed by atoms with van der Waals surface area (Å²) in [5.41, 5.74) is 2.93. The summed E-state index contributed by atoms with van der Waals surface area (Å²) in [5.74, 6) is 0.688. The Kier molecular flexibility index (Phi) is 4.93. The van der Waals surface area contributed by atoms with Gasteiger partial charge >= 0.3 is 0 Å². The number of amides is 1. The molecule has 1 saturated heterocycles. The second kappa shape index (κ2) is 7.55. The number of nitriles is 1. The number of benzene rings is 1. The molecule has 1 aliphatic heterocycles. The molecule has 0 N–H and O–H groups in total. The SMILES string of the molecule is Cc1cc(C(=O)N(C)C2CCN(c3nc4ccccc4cc3C#N)CC2)nn1C. The maximum Gasteiger partial charge on any atom is 0.274 e. The van der Waals surface area contributed by atoms with Crippen molar-refractivity contribution >= 4 is 22.6 Å².